The average molecular weight is 406 g/mol. The summed E-state index contributed by atoms with van der Waals surface area (Å²) in [7, 11) is 0. The van der Waals surface area contributed by atoms with Gasteiger partial charge in [0.25, 0.3) is 0 Å². The molecular weight excluding hydrogens is 384 g/mol. The molecule has 8 nitrogen and oxygen atoms in total. The SMILES string of the molecule is O=CCN(C(=O)C1CCCN1C(=O)OCc1ccccc1)c1c[nH]c2cccnc12. The van der Waals surface area contributed by atoms with Gasteiger partial charge in [0.05, 0.1) is 17.7 Å². The molecule has 3 heterocycles. The molecule has 1 aromatic carbocycles. The number of rotatable bonds is 6. The molecule has 1 fully saturated rings. The Balaban J connectivity index is 1.52. The number of carbonyl (C=O) groups excluding carboxylic acids is 3. The highest BCUT2D eigenvalue weighted by Gasteiger charge is 2.38. The Morgan fingerprint density at radius 3 is 2.87 bits per heavy atom. The molecular formula is C22H22N4O4. The number of amides is 2. The highest BCUT2D eigenvalue weighted by molar-refractivity contribution is 6.06. The van der Waals surface area contributed by atoms with Gasteiger partial charge in [-0.05, 0) is 30.5 Å². The average Bonchev–Trinajstić information content (AvgIpc) is 3.44. The molecule has 1 unspecified atom stereocenters. The number of aldehydes is 1. The smallest absolute Gasteiger partial charge is 0.410 e. The van der Waals surface area contributed by atoms with Gasteiger partial charge in [0.2, 0.25) is 5.91 Å². The molecule has 0 spiro atoms. The van der Waals surface area contributed by atoms with Crippen molar-refractivity contribution in [3.8, 4) is 0 Å². The van der Waals surface area contributed by atoms with E-state index in [2.05, 4.69) is 9.97 Å². The zero-order valence-electron chi connectivity index (χ0n) is 16.4. The van der Waals surface area contributed by atoms with Crippen LogP contribution >= 0.6 is 0 Å². The maximum absolute atomic E-state index is 13.3. The Kier molecular flexibility index (Phi) is 5.74. The van der Waals surface area contributed by atoms with Gasteiger partial charge in [-0.15, -0.1) is 0 Å². The molecule has 1 saturated heterocycles. The van der Waals surface area contributed by atoms with Crippen molar-refractivity contribution in [1.82, 2.24) is 14.9 Å². The van der Waals surface area contributed by atoms with E-state index >= 15 is 0 Å². The van der Waals surface area contributed by atoms with E-state index < -0.39 is 12.1 Å². The van der Waals surface area contributed by atoms with Gasteiger partial charge < -0.3 is 14.5 Å². The van der Waals surface area contributed by atoms with Crippen molar-refractivity contribution in [2.24, 2.45) is 0 Å². The van der Waals surface area contributed by atoms with E-state index in [1.165, 1.54) is 9.80 Å². The first-order valence-electron chi connectivity index (χ1n) is 9.83. The number of fused-ring (bicyclic) bond motifs is 1. The third kappa shape index (κ3) is 3.89. The third-order valence-electron chi connectivity index (χ3n) is 5.21. The number of aromatic amines is 1. The van der Waals surface area contributed by atoms with Gasteiger partial charge in [-0.3, -0.25) is 19.6 Å². The van der Waals surface area contributed by atoms with Crippen molar-refractivity contribution < 1.29 is 19.1 Å². The summed E-state index contributed by atoms with van der Waals surface area (Å²) in [5, 5.41) is 0. The zero-order valence-corrected chi connectivity index (χ0v) is 16.4. The molecule has 2 aromatic heterocycles. The number of aromatic nitrogens is 2. The van der Waals surface area contributed by atoms with Gasteiger partial charge in [0, 0.05) is 18.9 Å². The number of nitrogens with zero attached hydrogens (tertiary/aromatic N) is 3. The number of nitrogens with one attached hydrogen (secondary N) is 1. The van der Waals surface area contributed by atoms with Crippen LogP contribution in [0.1, 0.15) is 18.4 Å². The minimum atomic E-state index is -0.679. The summed E-state index contributed by atoms with van der Waals surface area (Å²) in [4.78, 5) is 47.5. The maximum Gasteiger partial charge on any atom is 0.410 e. The van der Waals surface area contributed by atoms with Crippen molar-refractivity contribution in [2.45, 2.75) is 25.5 Å². The quantitative estimate of drug-likeness (QED) is 0.635. The summed E-state index contributed by atoms with van der Waals surface area (Å²) in [6, 6.07) is 12.3. The minimum Gasteiger partial charge on any atom is -0.445 e. The normalized spacial score (nSPS) is 15.9. The summed E-state index contributed by atoms with van der Waals surface area (Å²) in [6.45, 7) is 0.457. The molecule has 1 aliphatic rings. The summed E-state index contributed by atoms with van der Waals surface area (Å²) in [5.41, 5.74) is 2.76. The molecule has 154 valence electrons. The lowest BCUT2D eigenvalue weighted by Crippen LogP contribution is -2.48. The lowest BCUT2D eigenvalue weighted by Gasteiger charge is -2.28. The number of hydrogen-bond acceptors (Lipinski definition) is 5. The van der Waals surface area contributed by atoms with Crippen molar-refractivity contribution >= 4 is 35.0 Å². The monoisotopic (exact) mass is 406 g/mol. The standard InChI is InChI=1S/C22H22N4O4/c27-13-12-25(19-14-24-17-8-4-10-23-20(17)19)21(28)18-9-5-11-26(18)22(29)30-15-16-6-2-1-3-7-16/h1-4,6-8,10,13-14,18,24H,5,9,11-12,15H2. The van der Waals surface area contributed by atoms with E-state index in [4.69, 9.17) is 4.74 Å². The van der Waals surface area contributed by atoms with Crippen LogP contribution in [-0.2, 0) is 20.9 Å². The van der Waals surface area contributed by atoms with E-state index in [-0.39, 0.29) is 19.1 Å². The fraction of sp³-hybridized carbons (Fsp3) is 0.273. The fourth-order valence-corrected chi connectivity index (χ4v) is 3.75. The van der Waals surface area contributed by atoms with Crippen LogP contribution in [0.3, 0.4) is 0 Å². The zero-order chi connectivity index (χ0) is 20.9. The molecule has 3 aromatic rings. The van der Waals surface area contributed by atoms with Gasteiger partial charge in [-0.2, -0.15) is 0 Å². The molecule has 8 heteroatoms. The van der Waals surface area contributed by atoms with Crippen LogP contribution < -0.4 is 4.90 Å². The lowest BCUT2D eigenvalue weighted by molar-refractivity contribution is -0.123. The van der Waals surface area contributed by atoms with Crippen LogP contribution in [0, 0.1) is 0 Å². The summed E-state index contributed by atoms with van der Waals surface area (Å²) >= 11 is 0. The van der Waals surface area contributed by atoms with Gasteiger partial charge >= 0.3 is 6.09 Å². The van der Waals surface area contributed by atoms with Crippen LogP contribution in [0.4, 0.5) is 10.5 Å². The number of ether oxygens (including phenoxy) is 1. The molecule has 0 radical (unpaired) electrons. The molecule has 0 saturated carbocycles. The Labute approximate surface area is 173 Å². The Morgan fingerprint density at radius 1 is 1.23 bits per heavy atom. The van der Waals surface area contributed by atoms with Crippen LogP contribution in [0.5, 0.6) is 0 Å². The topological polar surface area (TPSA) is 95.6 Å². The first-order valence-corrected chi connectivity index (χ1v) is 9.83. The van der Waals surface area contributed by atoms with Crippen molar-refractivity contribution in [2.75, 3.05) is 18.0 Å². The van der Waals surface area contributed by atoms with Crippen LogP contribution in [0.2, 0.25) is 0 Å². The van der Waals surface area contributed by atoms with Crippen LogP contribution in [0.25, 0.3) is 11.0 Å². The molecule has 1 N–H and O–H groups in total. The number of pyridine rings is 1. The summed E-state index contributed by atoms with van der Waals surface area (Å²) < 4.78 is 5.42. The van der Waals surface area contributed by atoms with Crippen molar-refractivity contribution in [1.29, 1.82) is 0 Å². The van der Waals surface area contributed by atoms with E-state index in [0.717, 1.165) is 11.1 Å². The van der Waals surface area contributed by atoms with Crippen LogP contribution in [0.15, 0.2) is 54.9 Å². The molecule has 2 amide bonds. The van der Waals surface area contributed by atoms with Crippen molar-refractivity contribution in [3.05, 3.63) is 60.4 Å². The third-order valence-corrected chi connectivity index (χ3v) is 5.21. The second-order valence-electron chi connectivity index (χ2n) is 7.08. The largest absolute Gasteiger partial charge is 0.445 e. The number of carbonyl (C=O) groups is 3. The molecule has 30 heavy (non-hydrogen) atoms. The van der Waals surface area contributed by atoms with Crippen molar-refractivity contribution in [3.63, 3.8) is 0 Å². The minimum absolute atomic E-state index is 0.119. The molecule has 1 atom stereocenters. The first kappa shape index (κ1) is 19.6. The van der Waals surface area contributed by atoms with Crippen LogP contribution in [-0.4, -0.2) is 52.3 Å². The molecule has 0 bridgehead atoms. The van der Waals surface area contributed by atoms with E-state index in [0.29, 0.717) is 36.9 Å². The predicted octanol–water partition coefficient (Wildman–Crippen LogP) is 2.90. The molecule has 1 aliphatic heterocycles. The predicted molar refractivity (Wildman–Crippen MR) is 111 cm³/mol. The lowest BCUT2D eigenvalue weighted by atomic mass is 10.2. The fourth-order valence-electron chi connectivity index (χ4n) is 3.75. The highest BCUT2D eigenvalue weighted by atomic mass is 16.6. The Bertz CT molecular complexity index is 1050. The van der Waals surface area contributed by atoms with Gasteiger partial charge in [0.1, 0.15) is 24.5 Å². The number of benzene rings is 1. The Morgan fingerprint density at radius 2 is 2.07 bits per heavy atom. The summed E-state index contributed by atoms with van der Waals surface area (Å²) in [5.74, 6) is -0.317. The number of H-pyrrole nitrogens is 1. The maximum atomic E-state index is 13.3. The molecule has 0 aliphatic carbocycles. The first-order chi connectivity index (χ1) is 14.7. The molecule has 4 rings (SSSR count). The van der Waals surface area contributed by atoms with Gasteiger partial charge in [-0.1, -0.05) is 30.3 Å². The Hall–Kier alpha value is -3.68. The second kappa shape index (κ2) is 8.77. The van der Waals surface area contributed by atoms with E-state index in [9.17, 15) is 14.4 Å². The van der Waals surface area contributed by atoms with Gasteiger partial charge in [0.15, 0.2) is 0 Å². The number of likely N-dealkylation sites (tertiary alicyclic amines) is 1. The summed E-state index contributed by atoms with van der Waals surface area (Å²) in [6.07, 6.45) is 4.64. The van der Waals surface area contributed by atoms with E-state index in [1.807, 2.05) is 36.4 Å². The van der Waals surface area contributed by atoms with Gasteiger partial charge in [-0.25, -0.2) is 4.79 Å². The van der Waals surface area contributed by atoms with E-state index in [1.54, 1.807) is 18.5 Å². The number of hydrogen-bond donors (Lipinski definition) is 1. The second-order valence-corrected chi connectivity index (χ2v) is 7.08. The number of anilines is 1. The highest BCUT2D eigenvalue weighted by Crippen LogP contribution is 2.28.